The van der Waals surface area contributed by atoms with Gasteiger partial charge in [0.05, 0.1) is 18.3 Å². The average Bonchev–Trinajstić information content (AvgIpc) is 3.39. The Balaban J connectivity index is 1.32. The van der Waals surface area contributed by atoms with Crippen LogP contribution in [0.4, 0.5) is 10.1 Å². The Labute approximate surface area is 170 Å². The molecule has 0 N–H and O–H groups in total. The number of piperazine rings is 1. The summed E-state index contributed by atoms with van der Waals surface area (Å²) in [5.74, 6) is 0.286. The minimum atomic E-state index is -0.186. The van der Waals surface area contributed by atoms with Crippen molar-refractivity contribution in [3.8, 4) is 0 Å². The van der Waals surface area contributed by atoms with Crippen LogP contribution in [-0.4, -0.2) is 59.5 Å². The highest BCUT2D eigenvalue weighted by Crippen LogP contribution is 2.21. The van der Waals surface area contributed by atoms with E-state index in [9.17, 15) is 9.18 Å². The number of halogens is 1. The molecule has 6 nitrogen and oxygen atoms in total. The fraction of sp³-hybridized carbons (Fsp3) is 0.455. The molecule has 0 radical (unpaired) electrons. The van der Waals surface area contributed by atoms with E-state index < -0.39 is 0 Å². The molecule has 2 aromatic rings. The number of para-hydroxylation sites is 1. The second-order valence-electron chi connectivity index (χ2n) is 7.58. The van der Waals surface area contributed by atoms with Crippen molar-refractivity contribution in [3.05, 3.63) is 60.1 Å². The quantitative estimate of drug-likeness (QED) is 0.699. The van der Waals surface area contributed by atoms with Gasteiger partial charge in [-0.05, 0) is 18.6 Å². The van der Waals surface area contributed by atoms with Crippen molar-refractivity contribution < 1.29 is 13.6 Å². The van der Waals surface area contributed by atoms with Crippen LogP contribution in [0.3, 0.4) is 0 Å². The molecule has 1 amide bonds. The minimum absolute atomic E-state index is 0.0761. The summed E-state index contributed by atoms with van der Waals surface area (Å²) in [4.78, 5) is 23.3. The highest BCUT2D eigenvalue weighted by molar-refractivity contribution is 5.92. The van der Waals surface area contributed by atoms with Crippen LogP contribution in [0.1, 0.15) is 36.1 Å². The summed E-state index contributed by atoms with van der Waals surface area (Å²) in [5.41, 5.74) is 1.02. The maximum atomic E-state index is 14.0. The molecule has 3 heterocycles. The molecule has 1 atom stereocenters. The lowest BCUT2D eigenvalue weighted by atomic mass is 10.1. The number of hydrogen-bond donors (Lipinski definition) is 0. The van der Waals surface area contributed by atoms with Gasteiger partial charge >= 0.3 is 0 Å². The van der Waals surface area contributed by atoms with E-state index >= 15 is 0 Å². The number of oxazole rings is 1. The minimum Gasteiger partial charge on any atom is -0.447 e. The molecule has 0 aliphatic carbocycles. The van der Waals surface area contributed by atoms with Crippen molar-refractivity contribution in [1.82, 2.24) is 14.8 Å². The molecule has 0 spiro atoms. The highest BCUT2D eigenvalue weighted by atomic mass is 19.1. The van der Waals surface area contributed by atoms with Crippen molar-refractivity contribution in [2.75, 3.05) is 37.6 Å². The molecule has 1 saturated heterocycles. The van der Waals surface area contributed by atoms with E-state index in [1.165, 1.54) is 12.3 Å². The third-order valence-corrected chi connectivity index (χ3v) is 5.60. The Bertz CT molecular complexity index is 873. The lowest BCUT2D eigenvalue weighted by Crippen LogP contribution is -2.46. The Morgan fingerprint density at radius 1 is 1.24 bits per heavy atom. The van der Waals surface area contributed by atoms with Crippen LogP contribution >= 0.6 is 0 Å². The maximum absolute atomic E-state index is 14.0. The normalized spacial score (nSPS) is 19.9. The smallest absolute Gasteiger partial charge is 0.276 e. The summed E-state index contributed by atoms with van der Waals surface area (Å²) < 4.78 is 19.6. The van der Waals surface area contributed by atoms with E-state index in [-0.39, 0.29) is 17.8 Å². The molecule has 2 aliphatic heterocycles. The standard InChI is InChI=1S/C22H27FN4O2/c1-2-6-17-7-5-10-27(17)22(28)19-16-29-21(24-19)15-25-11-13-26(14-12-25)20-9-4-3-8-18(20)23/h3-5,7-9,16-17H,2,6,10-15H2,1H3/t17-/m0/s1. The molecule has 1 fully saturated rings. The Kier molecular flexibility index (Phi) is 5.94. The van der Waals surface area contributed by atoms with Gasteiger partial charge in [0.25, 0.3) is 5.91 Å². The lowest BCUT2D eigenvalue weighted by molar-refractivity contribution is 0.0738. The molecular formula is C22H27FN4O2. The topological polar surface area (TPSA) is 52.8 Å². The summed E-state index contributed by atoms with van der Waals surface area (Å²) in [5, 5.41) is 0. The molecule has 1 aromatic heterocycles. The summed E-state index contributed by atoms with van der Waals surface area (Å²) in [7, 11) is 0. The number of hydrogen-bond acceptors (Lipinski definition) is 5. The zero-order valence-electron chi connectivity index (χ0n) is 16.8. The van der Waals surface area contributed by atoms with Crippen molar-refractivity contribution >= 4 is 11.6 Å². The molecule has 7 heteroatoms. The molecular weight excluding hydrogens is 371 g/mol. The van der Waals surface area contributed by atoms with Crippen LogP contribution < -0.4 is 4.90 Å². The van der Waals surface area contributed by atoms with Crippen molar-refractivity contribution in [2.45, 2.75) is 32.4 Å². The summed E-state index contributed by atoms with van der Waals surface area (Å²) in [6.45, 7) is 6.36. The van der Waals surface area contributed by atoms with Crippen molar-refractivity contribution in [1.29, 1.82) is 0 Å². The van der Waals surface area contributed by atoms with Gasteiger partial charge in [-0.3, -0.25) is 9.69 Å². The fourth-order valence-corrected chi connectivity index (χ4v) is 4.03. The number of carbonyl (C=O) groups is 1. The van der Waals surface area contributed by atoms with E-state index in [4.69, 9.17) is 4.42 Å². The first-order valence-corrected chi connectivity index (χ1v) is 10.3. The van der Waals surface area contributed by atoms with Gasteiger partial charge in [0.15, 0.2) is 5.69 Å². The first-order chi connectivity index (χ1) is 14.2. The predicted molar refractivity (Wildman–Crippen MR) is 109 cm³/mol. The lowest BCUT2D eigenvalue weighted by Gasteiger charge is -2.35. The molecule has 0 saturated carbocycles. The highest BCUT2D eigenvalue weighted by Gasteiger charge is 2.28. The number of nitrogens with zero attached hydrogens (tertiary/aromatic N) is 4. The monoisotopic (exact) mass is 398 g/mol. The Morgan fingerprint density at radius 2 is 2.03 bits per heavy atom. The predicted octanol–water partition coefficient (Wildman–Crippen LogP) is 3.32. The van der Waals surface area contributed by atoms with Crippen molar-refractivity contribution in [3.63, 3.8) is 0 Å². The third kappa shape index (κ3) is 4.34. The molecule has 0 bridgehead atoms. The van der Waals surface area contributed by atoms with Crippen LogP contribution in [0.25, 0.3) is 0 Å². The van der Waals surface area contributed by atoms with E-state index in [0.717, 1.165) is 39.0 Å². The van der Waals surface area contributed by atoms with Gasteiger partial charge in [-0.15, -0.1) is 0 Å². The number of aromatic nitrogens is 1. The van der Waals surface area contributed by atoms with E-state index in [1.54, 1.807) is 6.07 Å². The molecule has 29 heavy (non-hydrogen) atoms. The zero-order chi connectivity index (χ0) is 20.2. The van der Waals surface area contributed by atoms with E-state index in [0.29, 0.717) is 30.4 Å². The SMILES string of the molecule is CCC[C@H]1C=CCN1C(=O)c1coc(CN2CCN(c3ccccc3F)CC2)n1. The number of amides is 1. The number of benzene rings is 1. The first-order valence-electron chi connectivity index (χ1n) is 10.3. The van der Waals surface area contributed by atoms with Crippen LogP contribution in [0.2, 0.25) is 0 Å². The van der Waals surface area contributed by atoms with Gasteiger partial charge < -0.3 is 14.2 Å². The number of carbonyl (C=O) groups excluding carboxylic acids is 1. The molecule has 4 rings (SSSR count). The molecule has 154 valence electrons. The van der Waals surface area contributed by atoms with Gasteiger partial charge in [-0.25, -0.2) is 9.37 Å². The van der Waals surface area contributed by atoms with Gasteiger partial charge in [0.1, 0.15) is 12.1 Å². The van der Waals surface area contributed by atoms with Gasteiger partial charge in [-0.1, -0.05) is 37.6 Å². The largest absolute Gasteiger partial charge is 0.447 e. The van der Waals surface area contributed by atoms with Crippen LogP contribution in [0.5, 0.6) is 0 Å². The number of anilines is 1. The molecule has 2 aliphatic rings. The first kappa shape index (κ1) is 19.6. The van der Waals surface area contributed by atoms with Crippen LogP contribution in [0, 0.1) is 5.82 Å². The average molecular weight is 398 g/mol. The second-order valence-corrected chi connectivity index (χ2v) is 7.58. The van der Waals surface area contributed by atoms with E-state index in [2.05, 4.69) is 27.8 Å². The molecule has 0 unspecified atom stereocenters. The van der Waals surface area contributed by atoms with Crippen LogP contribution in [0.15, 0.2) is 47.1 Å². The Morgan fingerprint density at radius 3 is 2.79 bits per heavy atom. The fourth-order valence-electron chi connectivity index (χ4n) is 4.03. The van der Waals surface area contributed by atoms with Gasteiger partial charge in [0.2, 0.25) is 5.89 Å². The summed E-state index contributed by atoms with van der Waals surface area (Å²) in [6, 6.07) is 7.03. The summed E-state index contributed by atoms with van der Waals surface area (Å²) in [6.07, 6.45) is 7.58. The maximum Gasteiger partial charge on any atom is 0.276 e. The van der Waals surface area contributed by atoms with E-state index in [1.807, 2.05) is 23.1 Å². The third-order valence-electron chi connectivity index (χ3n) is 5.60. The number of rotatable bonds is 6. The second kappa shape index (κ2) is 8.78. The van der Waals surface area contributed by atoms with Gasteiger partial charge in [-0.2, -0.15) is 0 Å². The molecule has 1 aromatic carbocycles. The summed E-state index contributed by atoms with van der Waals surface area (Å²) >= 11 is 0. The van der Waals surface area contributed by atoms with Crippen LogP contribution in [-0.2, 0) is 6.54 Å². The van der Waals surface area contributed by atoms with Crippen molar-refractivity contribution in [2.24, 2.45) is 0 Å². The Hall–Kier alpha value is -2.67. The zero-order valence-corrected chi connectivity index (χ0v) is 16.8. The van der Waals surface area contributed by atoms with Gasteiger partial charge in [0, 0.05) is 32.7 Å².